The van der Waals surface area contributed by atoms with Gasteiger partial charge in [0.25, 0.3) is 0 Å². The molecule has 1 amide bonds. The molecule has 14 heavy (non-hydrogen) atoms. The van der Waals surface area contributed by atoms with Crippen LogP contribution in [-0.4, -0.2) is 16.2 Å². The highest BCUT2D eigenvalue weighted by Crippen LogP contribution is 2.23. The predicted octanol–water partition coefficient (Wildman–Crippen LogP) is 3.41. The lowest BCUT2D eigenvalue weighted by molar-refractivity contribution is -0.116. The van der Waals surface area contributed by atoms with E-state index >= 15 is 0 Å². The normalized spacial score (nSPS) is 10.1. The molecule has 0 bridgehead atoms. The molecule has 78 valence electrons. The van der Waals surface area contributed by atoms with E-state index < -0.39 is 0 Å². The first-order valence-corrected chi connectivity index (χ1v) is 6.92. The van der Waals surface area contributed by atoms with E-state index in [0.717, 1.165) is 22.0 Å². The molecule has 0 fully saturated rings. The molecule has 0 aliphatic heterocycles. The third-order valence-corrected chi connectivity index (χ3v) is 3.46. The first-order chi connectivity index (χ1) is 6.72. The average Bonchev–Trinajstić information content (AvgIpc) is 2.52. The molecule has 0 spiro atoms. The number of hydrogen-bond donors (Lipinski definition) is 1. The Balaban J connectivity index is 2.27. The number of alkyl halides is 1. The van der Waals surface area contributed by atoms with Crippen molar-refractivity contribution in [3.8, 4) is 0 Å². The van der Waals surface area contributed by atoms with E-state index in [9.17, 15) is 4.79 Å². The number of nitrogens with zero attached hydrogens (tertiary/aromatic N) is 1. The molecule has 1 rings (SSSR count). The first kappa shape index (κ1) is 12.1. The summed E-state index contributed by atoms with van der Waals surface area (Å²) in [5.74, 6) is 0.0350. The maximum absolute atomic E-state index is 11.3. The standard InChI is InChI=1S/C8H10Br2N2OS/c9-4-2-1-3-7(13)12-8-11-5-6(10)14-8/h5H,1-4H2,(H,11,12,13). The highest BCUT2D eigenvalue weighted by Gasteiger charge is 2.04. The van der Waals surface area contributed by atoms with Crippen LogP contribution in [0, 0.1) is 0 Å². The highest BCUT2D eigenvalue weighted by atomic mass is 79.9. The summed E-state index contributed by atoms with van der Waals surface area (Å²) >= 11 is 8.03. The van der Waals surface area contributed by atoms with Crippen molar-refractivity contribution < 1.29 is 4.79 Å². The van der Waals surface area contributed by atoms with Crippen LogP contribution >= 0.6 is 43.2 Å². The topological polar surface area (TPSA) is 42.0 Å². The van der Waals surface area contributed by atoms with Gasteiger partial charge in [-0.15, -0.1) is 0 Å². The van der Waals surface area contributed by atoms with E-state index in [1.165, 1.54) is 11.3 Å². The lowest BCUT2D eigenvalue weighted by Gasteiger charge is -1.99. The summed E-state index contributed by atoms with van der Waals surface area (Å²) in [5.41, 5.74) is 0. The number of carbonyl (C=O) groups excluding carboxylic acids is 1. The van der Waals surface area contributed by atoms with E-state index in [0.29, 0.717) is 11.6 Å². The minimum atomic E-state index is 0.0350. The fraction of sp³-hybridized carbons (Fsp3) is 0.500. The quantitative estimate of drug-likeness (QED) is 0.658. The third-order valence-electron chi connectivity index (χ3n) is 1.51. The van der Waals surface area contributed by atoms with Crippen molar-refractivity contribution in [1.29, 1.82) is 0 Å². The van der Waals surface area contributed by atoms with Gasteiger partial charge in [-0.2, -0.15) is 0 Å². The SMILES string of the molecule is O=C(CCCCBr)Nc1ncc(Br)s1. The molecule has 0 aromatic carbocycles. The summed E-state index contributed by atoms with van der Waals surface area (Å²) in [7, 11) is 0. The minimum Gasteiger partial charge on any atom is -0.302 e. The maximum atomic E-state index is 11.3. The fourth-order valence-corrected chi connectivity index (χ4v) is 2.39. The van der Waals surface area contributed by atoms with Gasteiger partial charge in [-0.3, -0.25) is 4.79 Å². The highest BCUT2D eigenvalue weighted by molar-refractivity contribution is 9.11. The molecule has 0 unspecified atom stereocenters. The van der Waals surface area contributed by atoms with Crippen molar-refractivity contribution in [2.45, 2.75) is 19.3 Å². The summed E-state index contributed by atoms with van der Waals surface area (Å²) in [6, 6.07) is 0. The molecule has 6 heteroatoms. The van der Waals surface area contributed by atoms with Gasteiger partial charge in [0.15, 0.2) is 5.13 Å². The zero-order valence-corrected chi connectivity index (χ0v) is 11.4. The molecule has 0 aliphatic rings. The Kier molecular flexibility index (Phi) is 5.66. The monoisotopic (exact) mass is 340 g/mol. The summed E-state index contributed by atoms with van der Waals surface area (Å²) in [5, 5.41) is 4.35. The summed E-state index contributed by atoms with van der Waals surface area (Å²) in [4.78, 5) is 15.3. The van der Waals surface area contributed by atoms with Crippen molar-refractivity contribution in [2.75, 3.05) is 10.6 Å². The Labute approximate surface area is 104 Å². The van der Waals surface area contributed by atoms with E-state index in [1.54, 1.807) is 6.20 Å². The number of halogens is 2. The zero-order chi connectivity index (χ0) is 10.4. The second-order valence-electron chi connectivity index (χ2n) is 2.66. The summed E-state index contributed by atoms with van der Waals surface area (Å²) < 4.78 is 0.924. The van der Waals surface area contributed by atoms with Crippen LogP contribution in [0.5, 0.6) is 0 Å². The van der Waals surface area contributed by atoms with E-state index in [4.69, 9.17) is 0 Å². The first-order valence-electron chi connectivity index (χ1n) is 4.19. The van der Waals surface area contributed by atoms with Crippen LogP contribution in [0.25, 0.3) is 0 Å². The number of rotatable bonds is 5. The molecule has 1 aromatic heterocycles. The smallest absolute Gasteiger partial charge is 0.226 e. The Morgan fingerprint density at radius 3 is 2.93 bits per heavy atom. The largest absolute Gasteiger partial charge is 0.302 e. The molecule has 3 nitrogen and oxygen atoms in total. The van der Waals surface area contributed by atoms with Gasteiger partial charge in [0.05, 0.1) is 9.98 Å². The van der Waals surface area contributed by atoms with E-state index in [1.807, 2.05) is 0 Å². The van der Waals surface area contributed by atoms with Gasteiger partial charge in [0.2, 0.25) is 5.91 Å². The molecule has 0 saturated carbocycles. The molecular formula is C8H10Br2N2OS. The molecule has 0 atom stereocenters. The number of amides is 1. The van der Waals surface area contributed by atoms with Crippen molar-refractivity contribution in [3.05, 3.63) is 9.98 Å². The van der Waals surface area contributed by atoms with Crippen LogP contribution in [0.2, 0.25) is 0 Å². The van der Waals surface area contributed by atoms with E-state index in [-0.39, 0.29) is 5.91 Å². The Morgan fingerprint density at radius 2 is 2.36 bits per heavy atom. The van der Waals surface area contributed by atoms with Crippen molar-refractivity contribution in [2.24, 2.45) is 0 Å². The van der Waals surface area contributed by atoms with Gasteiger partial charge in [-0.25, -0.2) is 4.98 Å². The lowest BCUT2D eigenvalue weighted by Crippen LogP contribution is -2.10. The van der Waals surface area contributed by atoms with Crippen LogP contribution in [0.3, 0.4) is 0 Å². The van der Waals surface area contributed by atoms with Gasteiger partial charge in [0.1, 0.15) is 0 Å². The minimum absolute atomic E-state index is 0.0350. The second kappa shape index (κ2) is 6.53. The number of nitrogens with one attached hydrogen (secondary N) is 1. The zero-order valence-electron chi connectivity index (χ0n) is 7.43. The number of anilines is 1. The van der Waals surface area contributed by atoms with Gasteiger partial charge in [-0.1, -0.05) is 27.3 Å². The van der Waals surface area contributed by atoms with Crippen molar-refractivity contribution in [3.63, 3.8) is 0 Å². The number of aromatic nitrogens is 1. The third kappa shape index (κ3) is 4.52. The maximum Gasteiger partial charge on any atom is 0.226 e. The number of carbonyl (C=O) groups is 1. The van der Waals surface area contributed by atoms with Gasteiger partial charge in [0, 0.05) is 11.8 Å². The second-order valence-corrected chi connectivity index (χ2v) is 5.87. The number of hydrogen-bond acceptors (Lipinski definition) is 3. The molecule has 1 N–H and O–H groups in total. The average molecular weight is 342 g/mol. The molecule has 1 heterocycles. The molecular weight excluding hydrogens is 332 g/mol. The Morgan fingerprint density at radius 1 is 1.57 bits per heavy atom. The molecule has 0 aliphatic carbocycles. The molecule has 0 saturated heterocycles. The van der Waals surface area contributed by atoms with Gasteiger partial charge >= 0.3 is 0 Å². The number of unbranched alkanes of at least 4 members (excludes halogenated alkanes) is 1. The van der Waals surface area contributed by atoms with Gasteiger partial charge in [-0.05, 0) is 28.8 Å². The fourth-order valence-electron chi connectivity index (χ4n) is 0.874. The predicted molar refractivity (Wildman–Crippen MR) is 66.1 cm³/mol. The Bertz CT molecular complexity index is 303. The van der Waals surface area contributed by atoms with Crippen LogP contribution in [-0.2, 0) is 4.79 Å². The Hall–Kier alpha value is 0.0600. The van der Waals surface area contributed by atoms with Crippen LogP contribution in [0.15, 0.2) is 9.98 Å². The lowest BCUT2D eigenvalue weighted by atomic mass is 10.2. The van der Waals surface area contributed by atoms with Crippen LogP contribution in [0.4, 0.5) is 5.13 Å². The molecule has 0 radical (unpaired) electrons. The van der Waals surface area contributed by atoms with E-state index in [2.05, 4.69) is 42.2 Å². The van der Waals surface area contributed by atoms with Crippen LogP contribution in [0.1, 0.15) is 19.3 Å². The van der Waals surface area contributed by atoms with Crippen molar-refractivity contribution in [1.82, 2.24) is 4.98 Å². The molecule has 1 aromatic rings. The van der Waals surface area contributed by atoms with Gasteiger partial charge < -0.3 is 5.32 Å². The van der Waals surface area contributed by atoms with Crippen molar-refractivity contribution >= 4 is 54.2 Å². The van der Waals surface area contributed by atoms with Crippen LogP contribution < -0.4 is 5.32 Å². The summed E-state index contributed by atoms with van der Waals surface area (Å²) in [6.45, 7) is 0. The summed E-state index contributed by atoms with van der Waals surface area (Å²) in [6.07, 6.45) is 4.17. The number of thiazole rings is 1.